The normalized spacial score (nSPS) is 15.6. The minimum Gasteiger partial charge on any atom is -0.457 e. The van der Waals surface area contributed by atoms with E-state index in [9.17, 15) is 9.59 Å². The highest BCUT2D eigenvalue weighted by Gasteiger charge is 2.29. The maximum absolute atomic E-state index is 12.3. The van der Waals surface area contributed by atoms with Crippen molar-refractivity contribution in [2.75, 3.05) is 13.1 Å². The molecular weight excluding hydrogens is 418 g/mol. The molecule has 1 saturated heterocycles. The summed E-state index contributed by atoms with van der Waals surface area (Å²) in [4.78, 5) is 30.7. The summed E-state index contributed by atoms with van der Waals surface area (Å²) in [5.74, 6) is 0.883. The van der Waals surface area contributed by atoms with Crippen LogP contribution in [0.2, 0.25) is 0 Å². The molecule has 2 amide bonds. The number of carbonyl (C=O) groups excluding carboxylic acids is 2. The fourth-order valence-electron chi connectivity index (χ4n) is 4.23. The number of hydrogen-bond donors (Lipinski definition) is 2. The summed E-state index contributed by atoms with van der Waals surface area (Å²) < 4.78 is 7.56. The molecule has 0 spiro atoms. The van der Waals surface area contributed by atoms with Gasteiger partial charge in [0, 0.05) is 24.6 Å². The second kappa shape index (κ2) is 8.31. The van der Waals surface area contributed by atoms with Crippen LogP contribution in [0.4, 0.5) is 0 Å². The Bertz CT molecular complexity index is 1340. The number of nitrogens with two attached hydrogens (primary N) is 1. The van der Waals surface area contributed by atoms with Crippen LogP contribution in [0, 0.1) is 0 Å². The predicted molar refractivity (Wildman–Crippen MR) is 124 cm³/mol. The van der Waals surface area contributed by atoms with E-state index in [0.29, 0.717) is 35.7 Å². The smallest absolute Gasteiger partial charge is 0.254 e. The van der Waals surface area contributed by atoms with Crippen molar-refractivity contribution in [3.8, 4) is 22.8 Å². The van der Waals surface area contributed by atoms with E-state index < -0.39 is 5.91 Å². The van der Waals surface area contributed by atoms with E-state index in [1.165, 1.54) is 6.08 Å². The lowest BCUT2D eigenvalue weighted by Crippen LogP contribution is -2.26. The molecule has 33 heavy (non-hydrogen) atoms. The van der Waals surface area contributed by atoms with Crippen molar-refractivity contribution in [3.63, 3.8) is 0 Å². The van der Waals surface area contributed by atoms with E-state index in [1.54, 1.807) is 9.42 Å². The van der Waals surface area contributed by atoms with Crippen LogP contribution in [0.3, 0.4) is 0 Å². The zero-order chi connectivity index (χ0) is 22.9. The van der Waals surface area contributed by atoms with Crippen molar-refractivity contribution >= 4 is 17.5 Å². The SMILES string of the molecule is C=CC(=O)N1CCC(c2cn3[nH]c(-c4ccc(Oc5ccccc5)cc4)c(C(N)=O)c3n2)C1. The second-order valence-corrected chi connectivity index (χ2v) is 8.00. The van der Waals surface area contributed by atoms with E-state index in [4.69, 9.17) is 15.5 Å². The number of nitrogens with one attached hydrogen (secondary N) is 1. The number of aromatic nitrogens is 3. The molecule has 5 rings (SSSR count). The summed E-state index contributed by atoms with van der Waals surface area (Å²) in [5, 5.41) is 3.24. The second-order valence-electron chi connectivity index (χ2n) is 8.00. The molecule has 4 aromatic rings. The van der Waals surface area contributed by atoms with Crippen LogP contribution in [-0.2, 0) is 4.79 Å². The molecule has 2 aromatic carbocycles. The van der Waals surface area contributed by atoms with E-state index in [-0.39, 0.29) is 11.8 Å². The van der Waals surface area contributed by atoms with Crippen molar-refractivity contribution in [1.29, 1.82) is 0 Å². The molecule has 1 atom stereocenters. The number of primary amides is 1. The number of para-hydroxylation sites is 1. The van der Waals surface area contributed by atoms with Gasteiger partial charge in [-0.1, -0.05) is 24.8 Å². The summed E-state index contributed by atoms with van der Waals surface area (Å²) in [6.07, 6.45) is 4.00. The molecule has 1 unspecified atom stereocenters. The van der Waals surface area contributed by atoms with Crippen LogP contribution >= 0.6 is 0 Å². The minimum absolute atomic E-state index is 0.0814. The molecule has 0 aliphatic carbocycles. The molecule has 3 N–H and O–H groups in total. The highest BCUT2D eigenvalue weighted by atomic mass is 16.5. The number of likely N-dealkylation sites (tertiary alicyclic amines) is 1. The quantitative estimate of drug-likeness (QED) is 0.445. The molecule has 1 aliphatic heterocycles. The number of ether oxygens (including phenoxy) is 1. The third kappa shape index (κ3) is 3.87. The van der Waals surface area contributed by atoms with Crippen LogP contribution in [0.15, 0.2) is 73.4 Å². The Morgan fingerprint density at radius 1 is 1.12 bits per heavy atom. The van der Waals surface area contributed by atoms with Gasteiger partial charge in [-0.15, -0.1) is 0 Å². The number of aromatic amines is 1. The first-order valence-electron chi connectivity index (χ1n) is 10.7. The van der Waals surface area contributed by atoms with Crippen LogP contribution in [0.1, 0.15) is 28.4 Å². The summed E-state index contributed by atoms with van der Waals surface area (Å²) in [6.45, 7) is 4.79. The van der Waals surface area contributed by atoms with Gasteiger partial charge in [0.05, 0.1) is 17.6 Å². The minimum atomic E-state index is -0.562. The molecule has 0 radical (unpaired) electrons. The zero-order valence-electron chi connectivity index (χ0n) is 17.9. The lowest BCUT2D eigenvalue weighted by molar-refractivity contribution is -0.125. The largest absolute Gasteiger partial charge is 0.457 e. The summed E-state index contributed by atoms with van der Waals surface area (Å²) >= 11 is 0. The predicted octanol–water partition coefficient (Wildman–Crippen LogP) is 3.72. The van der Waals surface area contributed by atoms with Gasteiger partial charge in [-0.2, -0.15) is 0 Å². The highest BCUT2D eigenvalue weighted by molar-refractivity contribution is 6.04. The van der Waals surface area contributed by atoms with Crippen molar-refractivity contribution in [1.82, 2.24) is 19.5 Å². The maximum Gasteiger partial charge on any atom is 0.254 e. The summed E-state index contributed by atoms with van der Waals surface area (Å²) in [7, 11) is 0. The number of imidazole rings is 1. The van der Waals surface area contributed by atoms with E-state index in [0.717, 1.165) is 23.4 Å². The first-order valence-corrected chi connectivity index (χ1v) is 10.7. The van der Waals surface area contributed by atoms with Crippen molar-refractivity contribution < 1.29 is 14.3 Å². The number of amides is 2. The molecule has 8 nitrogen and oxygen atoms in total. The van der Waals surface area contributed by atoms with Crippen molar-refractivity contribution in [2.45, 2.75) is 12.3 Å². The van der Waals surface area contributed by atoms with E-state index >= 15 is 0 Å². The van der Waals surface area contributed by atoms with Crippen LogP contribution in [-0.4, -0.2) is 44.4 Å². The van der Waals surface area contributed by atoms with Gasteiger partial charge >= 0.3 is 0 Å². The summed E-state index contributed by atoms with van der Waals surface area (Å²) in [6, 6.07) is 16.9. The molecule has 1 aliphatic rings. The number of fused-ring (bicyclic) bond motifs is 1. The van der Waals surface area contributed by atoms with Gasteiger partial charge in [-0.25, -0.2) is 9.50 Å². The lowest BCUT2D eigenvalue weighted by Gasteiger charge is -2.13. The van der Waals surface area contributed by atoms with Gasteiger partial charge < -0.3 is 15.4 Å². The molecule has 3 heterocycles. The van der Waals surface area contributed by atoms with E-state index in [2.05, 4.69) is 11.7 Å². The molecule has 0 saturated carbocycles. The standard InChI is InChI=1S/C25H23N5O3/c1-2-21(31)29-13-12-17(14-29)20-15-30-25(27-20)22(24(26)32)23(28-30)16-8-10-19(11-9-16)33-18-6-4-3-5-7-18/h2-11,15,17,28H,1,12-14H2,(H2,26,32). The van der Waals surface area contributed by atoms with Gasteiger partial charge in [-0.3, -0.25) is 14.7 Å². The fourth-order valence-corrected chi connectivity index (χ4v) is 4.23. The third-order valence-corrected chi connectivity index (χ3v) is 5.89. The number of carbonyl (C=O) groups is 2. The number of hydrogen-bond acceptors (Lipinski definition) is 4. The Kier molecular flexibility index (Phi) is 5.18. The van der Waals surface area contributed by atoms with E-state index in [1.807, 2.05) is 60.8 Å². The first kappa shape index (κ1) is 20.6. The zero-order valence-corrected chi connectivity index (χ0v) is 17.9. The van der Waals surface area contributed by atoms with Gasteiger partial charge in [0.25, 0.3) is 5.91 Å². The first-order chi connectivity index (χ1) is 16.0. The molecule has 2 aromatic heterocycles. The average Bonchev–Trinajstić information content (AvgIpc) is 3.54. The molecular formula is C25H23N5O3. The molecule has 166 valence electrons. The Balaban J connectivity index is 1.43. The van der Waals surface area contributed by atoms with Gasteiger partial charge in [0.2, 0.25) is 5.91 Å². The lowest BCUT2D eigenvalue weighted by atomic mass is 10.1. The topological polar surface area (TPSA) is 106 Å². The average molecular weight is 441 g/mol. The highest BCUT2D eigenvalue weighted by Crippen LogP contribution is 2.32. The Morgan fingerprint density at radius 3 is 2.55 bits per heavy atom. The van der Waals surface area contributed by atoms with Crippen LogP contribution < -0.4 is 10.5 Å². The summed E-state index contributed by atoms with van der Waals surface area (Å²) in [5.41, 5.74) is 8.75. The number of rotatable bonds is 6. The van der Waals surface area contributed by atoms with Gasteiger partial charge in [0.15, 0.2) is 5.65 Å². The maximum atomic E-state index is 12.3. The molecule has 1 fully saturated rings. The Hall–Kier alpha value is -4.33. The monoisotopic (exact) mass is 441 g/mol. The molecule has 0 bridgehead atoms. The number of nitrogens with zero attached hydrogens (tertiary/aromatic N) is 3. The van der Waals surface area contributed by atoms with Gasteiger partial charge in [-0.05, 0) is 48.9 Å². The van der Waals surface area contributed by atoms with Crippen molar-refractivity contribution in [3.05, 3.63) is 84.7 Å². The molecule has 8 heteroatoms. The van der Waals surface area contributed by atoms with Gasteiger partial charge in [0.1, 0.15) is 17.1 Å². The number of benzene rings is 2. The fraction of sp³-hybridized carbons (Fsp3) is 0.160. The third-order valence-electron chi connectivity index (χ3n) is 5.89. The Labute approximate surface area is 190 Å². The van der Waals surface area contributed by atoms with Crippen LogP contribution in [0.5, 0.6) is 11.5 Å². The Morgan fingerprint density at radius 2 is 1.85 bits per heavy atom. The van der Waals surface area contributed by atoms with Crippen LogP contribution in [0.25, 0.3) is 16.9 Å². The van der Waals surface area contributed by atoms with Crippen molar-refractivity contribution in [2.24, 2.45) is 5.73 Å². The number of H-pyrrole nitrogens is 1.